The van der Waals surface area contributed by atoms with Crippen molar-refractivity contribution in [2.45, 2.75) is 19.8 Å². The number of nitrogens with zero attached hydrogens (tertiary/aromatic N) is 4. The SMILES string of the molecule is CNC(=O)[C@]1(Cc2cc(-c3ccccc3C)no2)CCN(C(=O)c2cnccn2)C1. The maximum absolute atomic E-state index is 12.8. The molecule has 154 valence electrons. The van der Waals surface area contributed by atoms with E-state index in [1.54, 1.807) is 11.9 Å². The molecule has 0 aliphatic carbocycles. The summed E-state index contributed by atoms with van der Waals surface area (Å²) < 4.78 is 5.58. The Morgan fingerprint density at radius 2 is 2.10 bits per heavy atom. The van der Waals surface area contributed by atoms with Gasteiger partial charge in [0.1, 0.15) is 17.1 Å². The van der Waals surface area contributed by atoms with E-state index in [1.165, 1.54) is 18.6 Å². The first-order chi connectivity index (χ1) is 14.5. The highest BCUT2D eigenvalue weighted by atomic mass is 16.5. The van der Waals surface area contributed by atoms with E-state index >= 15 is 0 Å². The van der Waals surface area contributed by atoms with Crippen LogP contribution in [0.1, 0.15) is 28.2 Å². The van der Waals surface area contributed by atoms with Crippen molar-refractivity contribution in [3.63, 3.8) is 0 Å². The van der Waals surface area contributed by atoms with Crippen LogP contribution in [0.2, 0.25) is 0 Å². The summed E-state index contributed by atoms with van der Waals surface area (Å²) >= 11 is 0. The van der Waals surface area contributed by atoms with Crippen molar-refractivity contribution in [3.05, 3.63) is 65.9 Å². The molecule has 1 atom stereocenters. The second-order valence-electron chi connectivity index (χ2n) is 7.60. The molecule has 1 aliphatic heterocycles. The molecule has 0 bridgehead atoms. The molecule has 0 spiro atoms. The molecule has 1 saturated heterocycles. The summed E-state index contributed by atoms with van der Waals surface area (Å²) in [6, 6.07) is 9.81. The highest BCUT2D eigenvalue weighted by Crippen LogP contribution is 2.36. The number of hydrogen-bond acceptors (Lipinski definition) is 6. The van der Waals surface area contributed by atoms with Crippen LogP contribution >= 0.6 is 0 Å². The second-order valence-corrected chi connectivity index (χ2v) is 7.60. The fourth-order valence-corrected chi connectivity index (χ4v) is 4.01. The third-order valence-corrected chi connectivity index (χ3v) is 5.62. The Morgan fingerprint density at radius 3 is 2.83 bits per heavy atom. The molecular formula is C22H23N5O3. The maximum atomic E-state index is 12.8. The predicted molar refractivity (Wildman–Crippen MR) is 109 cm³/mol. The molecule has 8 nitrogen and oxygen atoms in total. The fourth-order valence-electron chi connectivity index (χ4n) is 4.01. The Morgan fingerprint density at radius 1 is 1.27 bits per heavy atom. The lowest BCUT2D eigenvalue weighted by molar-refractivity contribution is -0.130. The van der Waals surface area contributed by atoms with Crippen molar-refractivity contribution < 1.29 is 14.1 Å². The number of carbonyl (C=O) groups excluding carboxylic acids is 2. The first-order valence-corrected chi connectivity index (χ1v) is 9.81. The van der Waals surface area contributed by atoms with Crippen LogP contribution in [0, 0.1) is 12.3 Å². The minimum Gasteiger partial charge on any atom is -0.361 e. The molecule has 0 unspecified atom stereocenters. The number of aryl methyl sites for hydroxylation is 1. The lowest BCUT2D eigenvalue weighted by atomic mass is 9.81. The van der Waals surface area contributed by atoms with Crippen LogP contribution < -0.4 is 5.32 Å². The van der Waals surface area contributed by atoms with E-state index in [4.69, 9.17) is 4.52 Å². The summed E-state index contributed by atoms with van der Waals surface area (Å²) in [4.78, 5) is 35.3. The fraction of sp³-hybridized carbons (Fsp3) is 0.318. The average Bonchev–Trinajstić information content (AvgIpc) is 3.42. The van der Waals surface area contributed by atoms with Gasteiger partial charge in [-0.25, -0.2) is 4.98 Å². The molecule has 1 fully saturated rings. The Balaban J connectivity index is 1.57. The number of benzene rings is 1. The smallest absolute Gasteiger partial charge is 0.274 e. The first-order valence-electron chi connectivity index (χ1n) is 9.81. The van der Waals surface area contributed by atoms with E-state index < -0.39 is 5.41 Å². The number of amides is 2. The Bertz CT molecular complexity index is 1070. The number of carbonyl (C=O) groups is 2. The van der Waals surface area contributed by atoms with Crippen molar-refractivity contribution in [2.24, 2.45) is 5.41 Å². The van der Waals surface area contributed by atoms with E-state index in [-0.39, 0.29) is 24.1 Å². The Labute approximate surface area is 174 Å². The highest BCUT2D eigenvalue weighted by molar-refractivity contribution is 5.93. The monoisotopic (exact) mass is 405 g/mol. The van der Waals surface area contributed by atoms with Crippen LogP contribution in [-0.2, 0) is 11.2 Å². The third kappa shape index (κ3) is 3.68. The van der Waals surface area contributed by atoms with Gasteiger partial charge in [0.2, 0.25) is 5.91 Å². The van der Waals surface area contributed by atoms with Crippen molar-refractivity contribution in [1.29, 1.82) is 0 Å². The minimum atomic E-state index is -0.783. The molecule has 0 saturated carbocycles. The molecule has 0 radical (unpaired) electrons. The van der Waals surface area contributed by atoms with E-state index in [0.29, 0.717) is 25.1 Å². The summed E-state index contributed by atoms with van der Waals surface area (Å²) in [5.41, 5.74) is 2.31. The molecule has 3 heterocycles. The number of nitrogens with one attached hydrogen (secondary N) is 1. The van der Waals surface area contributed by atoms with Crippen LogP contribution in [0.3, 0.4) is 0 Å². The van der Waals surface area contributed by atoms with E-state index in [0.717, 1.165) is 16.8 Å². The van der Waals surface area contributed by atoms with Gasteiger partial charge < -0.3 is 14.7 Å². The zero-order valence-electron chi connectivity index (χ0n) is 17.0. The first kappa shape index (κ1) is 19.8. The predicted octanol–water partition coefficient (Wildman–Crippen LogP) is 2.26. The van der Waals surface area contributed by atoms with Gasteiger partial charge in [0, 0.05) is 50.6 Å². The van der Waals surface area contributed by atoms with Crippen LogP contribution in [0.15, 0.2) is 53.4 Å². The average molecular weight is 405 g/mol. The summed E-state index contributed by atoms with van der Waals surface area (Å²) in [6.45, 7) is 2.76. The Hall–Kier alpha value is -3.55. The zero-order valence-corrected chi connectivity index (χ0v) is 17.0. The van der Waals surface area contributed by atoms with Gasteiger partial charge in [0.25, 0.3) is 5.91 Å². The molecule has 1 aromatic carbocycles. The minimum absolute atomic E-state index is 0.120. The normalized spacial score (nSPS) is 18.4. The Kier molecular flexibility index (Phi) is 5.31. The molecule has 2 amide bonds. The van der Waals surface area contributed by atoms with E-state index in [2.05, 4.69) is 20.4 Å². The van der Waals surface area contributed by atoms with Gasteiger partial charge in [-0.05, 0) is 18.9 Å². The molecule has 2 aromatic heterocycles. The lowest BCUT2D eigenvalue weighted by Crippen LogP contribution is -2.44. The molecular weight excluding hydrogens is 382 g/mol. The van der Waals surface area contributed by atoms with Crippen LogP contribution in [0.4, 0.5) is 0 Å². The molecule has 1 N–H and O–H groups in total. The van der Waals surface area contributed by atoms with Crippen molar-refractivity contribution in [1.82, 2.24) is 25.3 Å². The van der Waals surface area contributed by atoms with Crippen molar-refractivity contribution >= 4 is 11.8 Å². The van der Waals surface area contributed by atoms with Gasteiger partial charge in [-0.1, -0.05) is 29.4 Å². The summed E-state index contributed by atoms with van der Waals surface area (Å²) in [6.07, 6.45) is 5.32. The summed E-state index contributed by atoms with van der Waals surface area (Å²) in [7, 11) is 1.61. The summed E-state index contributed by atoms with van der Waals surface area (Å²) in [5.74, 6) is 0.267. The highest BCUT2D eigenvalue weighted by Gasteiger charge is 2.46. The lowest BCUT2D eigenvalue weighted by Gasteiger charge is -2.26. The number of likely N-dealkylation sites (tertiary alicyclic amines) is 1. The van der Waals surface area contributed by atoms with Gasteiger partial charge >= 0.3 is 0 Å². The standard InChI is InChI=1S/C22H23N5O3/c1-15-5-3-4-6-17(15)18-11-16(30-26-18)12-22(21(29)23-2)7-10-27(14-22)20(28)19-13-24-8-9-25-19/h3-6,8-9,11,13H,7,10,12,14H2,1-2H3,(H,23,29)/t22-/m0/s1. The van der Waals surface area contributed by atoms with E-state index in [9.17, 15) is 9.59 Å². The molecule has 4 rings (SSSR count). The number of hydrogen-bond donors (Lipinski definition) is 1. The molecule has 3 aromatic rings. The third-order valence-electron chi connectivity index (χ3n) is 5.62. The van der Waals surface area contributed by atoms with Crippen LogP contribution in [-0.4, -0.2) is 52.0 Å². The number of rotatable bonds is 5. The van der Waals surface area contributed by atoms with Crippen LogP contribution in [0.25, 0.3) is 11.3 Å². The summed E-state index contributed by atoms with van der Waals surface area (Å²) in [5, 5.41) is 6.95. The van der Waals surface area contributed by atoms with Gasteiger partial charge in [-0.2, -0.15) is 0 Å². The number of aromatic nitrogens is 3. The van der Waals surface area contributed by atoms with Gasteiger partial charge in [0.15, 0.2) is 0 Å². The van der Waals surface area contributed by atoms with E-state index in [1.807, 2.05) is 37.3 Å². The maximum Gasteiger partial charge on any atom is 0.274 e. The topological polar surface area (TPSA) is 101 Å². The largest absolute Gasteiger partial charge is 0.361 e. The quantitative estimate of drug-likeness (QED) is 0.699. The van der Waals surface area contributed by atoms with Crippen LogP contribution in [0.5, 0.6) is 0 Å². The second kappa shape index (κ2) is 8.06. The van der Waals surface area contributed by atoms with Gasteiger partial charge in [-0.15, -0.1) is 0 Å². The molecule has 8 heteroatoms. The van der Waals surface area contributed by atoms with Gasteiger partial charge in [-0.3, -0.25) is 14.6 Å². The molecule has 30 heavy (non-hydrogen) atoms. The molecule has 1 aliphatic rings. The zero-order chi connectivity index (χ0) is 21.1. The van der Waals surface area contributed by atoms with Gasteiger partial charge in [0.05, 0.1) is 11.6 Å². The van der Waals surface area contributed by atoms with Crippen molar-refractivity contribution in [3.8, 4) is 11.3 Å². The van der Waals surface area contributed by atoms with Crippen molar-refractivity contribution in [2.75, 3.05) is 20.1 Å².